The van der Waals surface area contributed by atoms with E-state index in [-0.39, 0.29) is 11.9 Å². The van der Waals surface area contributed by atoms with Gasteiger partial charge < -0.3 is 20.1 Å². The minimum absolute atomic E-state index is 0.0206. The Morgan fingerprint density at radius 2 is 1.85 bits per heavy atom. The molecule has 26 heavy (non-hydrogen) atoms. The van der Waals surface area contributed by atoms with Crippen molar-refractivity contribution in [2.24, 2.45) is 11.3 Å². The summed E-state index contributed by atoms with van der Waals surface area (Å²) in [6, 6.07) is 0.781. The van der Waals surface area contributed by atoms with Crippen LogP contribution < -0.4 is 5.32 Å². The van der Waals surface area contributed by atoms with Crippen LogP contribution in [0.3, 0.4) is 0 Å². The first-order valence-electron chi connectivity index (χ1n) is 9.08. The van der Waals surface area contributed by atoms with Crippen LogP contribution in [0, 0.1) is 11.3 Å². The lowest BCUT2D eigenvalue weighted by Crippen LogP contribution is -2.54. The number of halogens is 3. The number of esters is 1. The van der Waals surface area contributed by atoms with E-state index in [4.69, 9.17) is 14.6 Å². The summed E-state index contributed by atoms with van der Waals surface area (Å²) < 4.78 is 36.9. The van der Waals surface area contributed by atoms with Gasteiger partial charge in [-0.2, -0.15) is 13.2 Å². The average molecular weight is 380 g/mol. The van der Waals surface area contributed by atoms with Crippen molar-refractivity contribution in [3.05, 3.63) is 0 Å². The Bertz CT molecular complexity index is 491. The molecular weight excluding hydrogens is 353 g/mol. The number of nitrogens with zero attached hydrogens (tertiary/aromatic N) is 1. The number of ether oxygens (including phenoxy) is 1. The summed E-state index contributed by atoms with van der Waals surface area (Å²) in [5, 5.41) is 10.6. The van der Waals surface area contributed by atoms with Gasteiger partial charge in [0.2, 0.25) is 0 Å². The van der Waals surface area contributed by atoms with E-state index >= 15 is 0 Å². The Kier molecular flexibility index (Phi) is 6.90. The molecule has 1 spiro atoms. The van der Waals surface area contributed by atoms with Gasteiger partial charge in [0.25, 0.3) is 0 Å². The molecule has 1 aliphatic carbocycles. The molecular formula is C17H27F3N2O4. The number of aliphatic carboxylic acids is 1. The topological polar surface area (TPSA) is 78.9 Å². The van der Waals surface area contributed by atoms with E-state index < -0.39 is 12.1 Å². The van der Waals surface area contributed by atoms with Gasteiger partial charge in [0, 0.05) is 12.6 Å². The molecule has 0 atom stereocenters. The van der Waals surface area contributed by atoms with Crippen LogP contribution in [0.1, 0.15) is 39.0 Å². The van der Waals surface area contributed by atoms with Crippen molar-refractivity contribution in [3.8, 4) is 0 Å². The lowest BCUT2D eigenvalue weighted by Gasteiger charge is -2.51. The molecule has 0 aromatic carbocycles. The van der Waals surface area contributed by atoms with E-state index in [0.717, 1.165) is 32.0 Å². The van der Waals surface area contributed by atoms with E-state index in [2.05, 4.69) is 10.2 Å². The van der Waals surface area contributed by atoms with Gasteiger partial charge in [-0.1, -0.05) is 0 Å². The highest BCUT2D eigenvalue weighted by atomic mass is 19.4. The third kappa shape index (κ3) is 5.33. The number of piperidine rings is 1. The van der Waals surface area contributed by atoms with Crippen molar-refractivity contribution in [1.29, 1.82) is 0 Å². The Morgan fingerprint density at radius 1 is 1.27 bits per heavy atom. The molecule has 2 aliphatic heterocycles. The van der Waals surface area contributed by atoms with Crippen LogP contribution in [-0.2, 0) is 14.3 Å². The quantitative estimate of drug-likeness (QED) is 0.730. The van der Waals surface area contributed by atoms with Crippen molar-refractivity contribution >= 4 is 11.9 Å². The zero-order valence-corrected chi connectivity index (χ0v) is 15.0. The SMILES string of the molecule is CCOC(=O)C1CCN(C2CC3(CCNC3)C2)CC1.O=C(O)C(F)(F)F. The van der Waals surface area contributed by atoms with Gasteiger partial charge in [-0.3, -0.25) is 4.79 Å². The molecule has 0 aromatic rings. The fraction of sp³-hybridized carbons (Fsp3) is 0.882. The minimum Gasteiger partial charge on any atom is -0.475 e. The van der Waals surface area contributed by atoms with Crippen molar-refractivity contribution in [3.63, 3.8) is 0 Å². The second-order valence-corrected chi connectivity index (χ2v) is 7.35. The second kappa shape index (κ2) is 8.56. The van der Waals surface area contributed by atoms with E-state index in [1.807, 2.05) is 6.92 Å². The molecule has 2 heterocycles. The number of hydrogen-bond donors (Lipinski definition) is 2. The fourth-order valence-electron chi connectivity index (χ4n) is 4.10. The predicted molar refractivity (Wildman–Crippen MR) is 87.6 cm³/mol. The molecule has 0 radical (unpaired) electrons. The Hall–Kier alpha value is -1.35. The lowest BCUT2D eigenvalue weighted by atomic mass is 9.64. The fourth-order valence-corrected chi connectivity index (χ4v) is 4.10. The summed E-state index contributed by atoms with van der Waals surface area (Å²) in [7, 11) is 0. The van der Waals surface area contributed by atoms with Gasteiger partial charge in [0.1, 0.15) is 0 Å². The first kappa shape index (κ1) is 21.0. The Morgan fingerprint density at radius 3 is 2.27 bits per heavy atom. The number of alkyl halides is 3. The normalized spacial score (nSPS) is 29.6. The first-order valence-corrected chi connectivity index (χ1v) is 9.08. The number of carboxylic acid groups (broad SMARTS) is 1. The van der Waals surface area contributed by atoms with E-state index in [0.29, 0.717) is 12.0 Å². The zero-order valence-electron chi connectivity index (χ0n) is 15.0. The van der Waals surface area contributed by atoms with Crippen molar-refractivity contribution in [2.45, 2.75) is 51.2 Å². The van der Waals surface area contributed by atoms with Gasteiger partial charge in [-0.05, 0) is 64.1 Å². The smallest absolute Gasteiger partial charge is 0.475 e. The standard InChI is InChI=1S/C15H26N2O2.C2HF3O2/c1-2-19-14(18)12-3-7-17(8-4-12)13-9-15(10-13)5-6-16-11-15;3-2(4,5)1(6)7/h12-13,16H,2-11H2,1H3;(H,6,7). The highest BCUT2D eigenvalue weighted by Gasteiger charge is 2.48. The molecule has 0 unspecified atom stereocenters. The highest BCUT2D eigenvalue weighted by molar-refractivity contribution is 5.73. The van der Waals surface area contributed by atoms with Crippen molar-refractivity contribution < 1.29 is 32.6 Å². The number of carboxylic acids is 1. The maximum Gasteiger partial charge on any atom is 0.490 e. The molecule has 6 nitrogen and oxygen atoms in total. The van der Waals surface area contributed by atoms with Crippen LogP contribution in [0.5, 0.6) is 0 Å². The van der Waals surface area contributed by atoms with Crippen LogP contribution in [0.25, 0.3) is 0 Å². The third-order valence-electron chi connectivity index (χ3n) is 5.58. The maximum absolute atomic E-state index is 11.7. The number of rotatable bonds is 3. The second-order valence-electron chi connectivity index (χ2n) is 7.35. The predicted octanol–water partition coefficient (Wildman–Crippen LogP) is 2.04. The highest BCUT2D eigenvalue weighted by Crippen LogP contribution is 2.48. The molecule has 0 aromatic heterocycles. The summed E-state index contributed by atoms with van der Waals surface area (Å²) in [4.78, 5) is 23.2. The van der Waals surface area contributed by atoms with Gasteiger partial charge >= 0.3 is 18.1 Å². The van der Waals surface area contributed by atoms with Crippen molar-refractivity contribution in [1.82, 2.24) is 10.2 Å². The largest absolute Gasteiger partial charge is 0.490 e. The number of hydrogen-bond acceptors (Lipinski definition) is 5. The zero-order chi connectivity index (χ0) is 19.4. The third-order valence-corrected chi connectivity index (χ3v) is 5.58. The molecule has 0 amide bonds. The molecule has 0 bridgehead atoms. The lowest BCUT2D eigenvalue weighted by molar-refractivity contribution is -0.192. The molecule has 1 saturated carbocycles. The summed E-state index contributed by atoms with van der Waals surface area (Å²) >= 11 is 0. The molecule has 3 aliphatic rings. The van der Waals surface area contributed by atoms with Gasteiger partial charge in [0.15, 0.2) is 0 Å². The van der Waals surface area contributed by atoms with Crippen molar-refractivity contribution in [2.75, 3.05) is 32.8 Å². The van der Waals surface area contributed by atoms with Crippen LogP contribution >= 0.6 is 0 Å². The van der Waals surface area contributed by atoms with Gasteiger partial charge in [0.05, 0.1) is 12.5 Å². The summed E-state index contributed by atoms with van der Waals surface area (Å²) in [6.07, 6.45) is 0.984. The Labute approximate surface area is 151 Å². The van der Waals surface area contributed by atoms with E-state index in [1.165, 1.54) is 32.4 Å². The van der Waals surface area contributed by atoms with E-state index in [9.17, 15) is 18.0 Å². The molecule has 3 fully saturated rings. The summed E-state index contributed by atoms with van der Waals surface area (Å²) in [6.45, 7) is 6.99. The number of carbonyl (C=O) groups is 2. The molecule has 2 saturated heterocycles. The average Bonchev–Trinajstić information content (AvgIpc) is 3.03. The number of nitrogens with one attached hydrogen (secondary N) is 1. The summed E-state index contributed by atoms with van der Waals surface area (Å²) in [5.74, 6) is -2.59. The first-order chi connectivity index (χ1) is 12.2. The van der Waals surface area contributed by atoms with Crippen LogP contribution in [0.15, 0.2) is 0 Å². The number of likely N-dealkylation sites (tertiary alicyclic amines) is 1. The molecule has 150 valence electrons. The van der Waals surface area contributed by atoms with Gasteiger partial charge in [-0.15, -0.1) is 0 Å². The van der Waals surface area contributed by atoms with Crippen LogP contribution in [-0.4, -0.2) is 66.9 Å². The molecule has 2 N–H and O–H groups in total. The maximum atomic E-state index is 11.7. The van der Waals surface area contributed by atoms with Crippen LogP contribution in [0.2, 0.25) is 0 Å². The van der Waals surface area contributed by atoms with Crippen LogP contribution in [0.4, 0.5) is 13.2 Å². The van der Waals surface area contributed by atoms with Gasteiger partial charge in [-0.25, -0.2) is 4.79 Å². The van der Waals surface area contributed by atoms with E-state index in [1.54, 1.807) is 0 Å². The monoisotopic (exact) mass is 380 g/mol. The minimum atomic E-state index is -5.08. The summed E-state index contributed by atoms with van der Waals surface area (Å²) in [5.41, 5.74) is 0.628. The Balaban J connectivity index is 0.000000298. The molecule has 3 rings (SSSR count). The number of carbonyl (C=O) groups excluding carboxylic acids is 1. The molecule has 9 heteroatoms.